The minimum atomic E-state index is -4.62. The number of hydrogen-bond acceptors (Lipinski definition) is 4. The number of hydrogen-bond donors (Lipinski definition) is 2. The number of carbonyl (C=O) groups is 1. The number of piperidine rings is 1. The van der Waals surface area contributed by atoms with Gasteiger partial charge in [-0.1, -0.05) is 38.1 Å². The van der Waals surface area contributed by atoms with E-state index in [0.717, 1.165) is 11.3 Å². The van der Waals surface area contributed by atoms with E-state index >= 15 is 0 Å². The summed E-state index contributed by atoms with van der Waals surface area (Å²) < 4.78 is 42.0. The predicted molar refractivity (Wildman–Crippen MR) is 122 cm³/mol. The first-order valence-corrected chi connectivity index (χ1v) is 11.4. The van der Waals surface area contributed by atoms with Crippen LogP contribution in [0.4, 0.5) is 18.9 Å². The van der Waals surface area contributed by atoms with Gasteiger partial charge in [-0.15, -0.1) is 0 Å². The third-order valence-electron chi connectivity index (χ3n) is 7.15. The zero-order valence-corrected chi connectivity index (χ0v) is 19.2. The molecule has 1 aromatic carbocycles. The van der Waals surface area contributed by atoms with Gasteiger partial charge in [0, 0.05) is 24.4 Å². The van der Waals surface area contributed by atoms with E-state index in [2.05, 4.69) is 41.6 Å². The Hall–Kier alpha value is -2.61. The van der Waals surface area contributed by atoms with Crippen LogP contribution >= 0.6 is 0 Å². The van der Waals surface area contributed by atoms with Crippen LogP contribution in [0.3, 0.4) is 0 Å². The first-order chi connectivity index (χ1) is 15.6. The van der Waals surface area contributed by atoms with Gasteiger partial charge in [-0.05, 0) is 55.6 Å². The molecule has 2 heterocycles. The number of carbonyl (C=O) groups excluding carboxylic acids is 1. The highest BCUT2D eigenvalue weighted by atomic mass is 19.4. The highest BCUT2D eigenvalue weighted by Gasteiger charge is 2.47. The minimum absolute atomic E-state index is 0.102. The number of aromatic nitrogens is 1. The van der Waals surface area contributed by atoms with Crippen molar-refractivity contribution < 1.29 is 18.0 Å². The molecule has 0 radical (unpaired) electrons. The molecule has 1 amide bonds. The maximum Gasteiger partial charge on any atom is 0.414 e. The van der Waals surface area contributed by atoms with Gasteiger partial charge in [0.1, 0.15) is 0 Å². The molecule has 1 aliphatic heterocycles. The highest BCUT2D eigenvalue weighted by molar-refractivity contribution is 5.79. The number of halogens is 3. The number of amides is 1. The molecule has 2 aliphatic rings. The number of fused-ring (bicyclic) bond motifs is 1. The molecule has 4 rings (SSSR count). The zero-order valence-electron chi connectivity index (χ0n) is 19.2. The van der Waals surface area contributed by atoms with Gasteiger partial charge < -0.3 is 15.5 Å². The van der Waals surface area contributed by atoms with Gasteiger partial charge in [-0.2, -0.15) is 13.2 Å². The molecule has 1 fully saturated rings. The van der Waals surface area contributed by atoms with E-state index in [-0.39, 0.29) is 17.2 Å². The molecule has 8 heteroatoms. The molecule has 178 valence electrons. The molecular weight excluding hydrogens is 429 g/mol. The summed E-state index contributed by atoms with van der Waals surface area (Å²) in [4.78, 5) is 17.8. The number of rotatable bonds is 5. The predicted octanol–water partition coefficient (Wildman–Crippen LogP) is 4.46. The molecule has 2 atom stereocenters. The van der Waals surface area contributed by atoms with Crippen molar-refractivity contribution >= 4 is 11.6 Å². The summed E-state index contributed by atoms with van der Waals surface area (Å²) in [5.74, 6) is -0.874. The van der Waals surface area contributed by atoms with Crippen molar-refractivity contribution in [1.29, 1.82) is 0 Å². The molecule has 5 nitrogen and oxygen atoms in total. The summed E-state index contributed by atoms with van der Waals surface area (Å²) in [6, 6.07) is 9.33. The third-order valence-corrected chi connectivity index (χ3v) is 7.15. The second kappa shape index (κ2) is 8.97. The Morgan fingerprint density at radius 2 is 1.88 bits per heavy atom. The first-order valence-electron chi connectivity index (χ1n) is 11.4. The van der Waals surface area contributed by atoms with Gasteiger partial charge >= 0.3 is 6.18 Å². The number of pyridine rings is 1. The van der Waals surface area contributed by atoms with E-state index in [0.29, 0.717) is 31.6 Å². The molecule has 1 unspecified atom stereocenters. The fourth-order valence-corrected chi connectivity index (χ4v) is 5.14. The van der Waals surface area contributed by atoms with Crippen LogP contribution in [0, 0.1) is 5.92 Å². The normalized spacial score (nSPS) is 21.3. The molecule has 0 spiro atoms. The van der Waals surface area contributed by atoms with Crippen LogP contribution in [0.15, 0.2) is 42.6 Å². The van der Waals surface area contributed by atoms with Crippen LogP contribution in [0.25, 0.3) is 0 Å². The van der Waals surface area contributed by atoms with Crippen molar-refractivity contribution in [3.8, 4) is 0 Å². The number of anilines is 1. The van der Waals surface area contributed by atoms with Crippen molar-refractivity contribution in [3.05, 3.63) is 59.4 Å². The van der Waals surface area contributed by atoms with Gasteiger partial charge in [-0.25, -0.2) is 0 Å². The number of nitrogens with zero attached hydrogens (tertiary/aromatic N) is 2. The molecule has 1 aliphatic carbocycles. The van der Waals surface area contributed by atoms with Crippen molar-refractivity contribution in [2.75, 3.05) is 25.5 Å². The Balaban J connectivity index is 1.51. The lowest BCUT2D eigenvalue weighted by Gasteiger charge is -2.33. The molecule has 33 heavy (non-hydrogen) atoms. The summed E-state index contributed by atoms with van der Waals surface area (Å²) >= 11 is 0. The van der Waals surface area contributed by atoms with Crippen molar-refractivity contribution in [2.45, 2.75) is 56.8 Å². The van der Waals surface area contributed by atoms with Gasteiger partial charge in [0.15, 0.2) is 6.04 Å². The highest BCUT2D eigenvalue weighted by Crippen LogP contribution is 2.41. The average molecular weight is 461 g/mol. The molecule has 1 saturated heterocycles. The van der Waals surface area contributed by atoms with E-state index in [9.17, 15) is 18.0 Å². The lowest BCUT2D eigenvalue weighted by atomic mass is 9.83. The number of alkyl halides is 3. The summed E-state index contributed by atoms with van der Waals surface area (Å²) in [5.41, 5.74) is 2.93. The minimum Gasteiger partial charge on any atom is -0.380 e. The molecule has 2 N–H and O–H groups in total. The van der Waals surface area contributed by atoms with Crippen LogP contribution in [0.5, 0.6) is 0 Å². The molecule has 1 aromatic heterocycles. The van der Waals surface area contributed by atoms with E-state index in [1.165, 1.54) is 30.4 Å². The Bertz CT molecular complexity index is 984. The Morgan fingerprint density at radius 3 is 2.48 bits per heavy atom. The Kier molecular flexibility index (Phi) is 6.40. The third kappa shape index (κ3) is 4.71. The standard InChI is InChI=1S/C25H31F3N4O/c1-24(2)19-7-5-4-6-17(19)14-21(24)31-18-8-9-20(30-15-18)22(25(26,27)28)32(3)23(33)16-10-12-29-13-11-16/h4-9,15-16,21-22,29,31H,10-14H2,1-3H3/t21?,22-/m0/s1. The monoisotopic (exact) mass is 460 g/mol. The molecule has 2 aromatic rings. The van der Waals surface area contributed by atoms with E-state index in [1.807, 2.05) is 12.1 Å². The largest absolute Gasteiger partial charge is 0.414 e. The van der Waals surface area contributed by atoms with Crippen molar-refractivity contribution in [3.63, 3.8) is 0 Å². The topological polar surface area (TPSA) is 57.3 Å². The fourth-order valence-electron chi connectivity index (χ4n) is 5.14. The van der Waals surface area contributed by atoms with Crippen LogP contribution in [-0.4, -0.2) is 48.1 Å². The Labute approximate surface area is 192 Å². The van der Waals surface area contributed by atoms with Crippen LogP contribution in [0.1, 0.15) is 49.6 Å². The molecular formula is C25H31F3N4O. The molecule has 0 saturated carbocycles. The quantitative estimate of drug-likeness (QED) is 0.692. The summed E-state index contributed by atoms with van der Waals surface area (Å²) in [6.45, 7) is 5.61. The van der Waals surface area contributed by atoms with Crippen molar-refractivity contribution in [2.24, 2.45) is 5.92 Å². The van der Waals surface area contributed by atoms with Crippen LogP contribution in [0.2, 0.25) is 0 Å². The van der Waals surface area contributed by atoms with Crippen LogP contribution in [-0.2, 0) is 16.6 Å². The second-order valence-corrected chi connectivity index (χ2v) is 9.67. The zero-order chi connectivity index (χ0) is 23.8. The van der Waals surface area contributed by atoms with Gasteiger partial charge in [-0.3, -0.25) is 9.78 Å². The summed E-state index contributed by atoms with van der Waals surface area (Å²) in [7, 11) is 1.23. The average Bonchev–Trinajstić information content (AvgIpc) is 3.04. The maximum absolute atomic E-state index is 14.0. The SMILES string of the molecule is CN(C(=O)C1CCNCC1)[C@@H](c1ccc(NC2Cc3ccccc3C2(C)C)cn1)C(F)(F)F. The molecule has 0 bridgehead atoms. The Morgan fingerprint density at radius 1 is 1.18 bits per heavy atom. The first kappa shape index (κ1) is 23.5. The maximum atomic E-state index is 14.0. The fraction of sp³-hybridized carbons (Fsp3) is 0.520. The van der Waals surface area contributed by atoms with Gasteiger partial charge in [0.25, 0.3) is 0 Å². The smallest absolute Gasteiger partial charge is 0.380 e. The lowest BCUT2D eigenvalue weighted by molar-refractivity contribution is -0.191. The summed E-state index contributed by atoms with van der Waals surface area (Å²) in [6.07, 6.45) is -1.25. The van der Waals surface area contributed by atoms with Gasteiger partial charge in [0.2, 0.25) is 5.91 Å². The second-order valence-electron chi connectivity index (χ2n) is 9.67. The number of nitrogens with one attached hydrogen (secondary N) is 2. The lowest BCUT2D eigenvalue weighted by Crippen LogP contribution is -2.45. The number of benzene rings is 1. The summed E-state index contributed by atoms with van der Waals surface area (Å²) in [5, 5.41) is 6.59. The van der Waals surface area contributed by atoms with Gasteiger partial charge in [0.05, 0.1) is 17.6 Å². The van der Waals surface area contributed by atoms with E-state index in [1.54, 1.807) is 6.07 Å². The van der Waals surface area contributed by atoms with Crippen molar-refractivity contribution in [1.82, 2.24) is 15.2 Å². The van der Waals surface area contributed by atoms with E-state index in [4.69, 9.17) is 0 Å². The van der Waals surface area contributed by atoms with E-state index < -0.39 is 24.0 Å². The van der Waals surface area contributed by atoms with Crippen LogP contribution < -0.4 is 10.6 Å².